The highest BCUT2D eigenvalue weighted by molar-refractivity contribution is 5.84. The van der Waals surface area contributed by atoms with E-state index in [9.17, 15) is 4.79 Å². The zero-order chi connectivity index (χ0) is 12.8. The molecule has 4 heteroatoms. The Morgan fingerprint density at radius 1 is 1.50 bits per heavy atom. The van der Waals surface area contributed by atoms with Crippen LogP contribution in [0.15, 0.2) is 24.3 Å². The van der Waals surface area contributed by atoms with Crippen LogP contribution in [0, 0.1) is 11.3 Å². The van der Waals surface area contributed by atoms with Crippen molar-refractivity contribution in [2.24, 2.45) is 0 Å². The molecule has 1 atom stereocenters. The lowest BCUT2D eigenvalue weighted by Gasteiger charge is -2.25. The summed E-state index contributed by atoms with van der Waals surface area (Å²) in [5, 5.41) is 14.6. The molecule has 0 spiro atoms. The van der Waals surface area contributed by atoms with Crippen LogP contribution in [-0.2, 0) is 11.3 Å². The Kier molecular flexibility index (Phi) is 4.32. The van der Waals surface area contributed by atoms with Crippen molar-refractivity contribution in [1.29, 1.82) is 5.26 Å². The Hall–Kier alpha value is -1.86. The fourth-order valence-electron chi connectivity index (χ4n) is 2.23. The first kappa shape index (κ1) is 12.6. The number of nitriles is 1. The van der Waals surface area contributed by atoms with Crippen molar-refractivity contribution in [2.75, 3.05) is 13.1 Å². The maximum atomic E-state index is 12.1. The van der Waals surface area contributed by atoms with Crippen molar-refractivity contribution in [3.05, 3.63) is 35.4 Å². The number of rotatable bonds is 4. The number of hydrogen-bond donors (Lipinski definition) is 2. The minimum Gasteiger partial charge on any atom is -0.355 e. The van der Waals surface area contributed by atoms with Gasteiger partial charge in [-0.25, -0.2) is 0 Å². The summed E-state index contributed by atoms with van der Waals surface area (Å²) in [6, 6.07) is 10.1. The van der Waals surface area contributed by atoms with Crippen LogP contribution in [0.1, 0.15) is 29.9 Å². The van der Waals surface area contributed by atoms with Gasteiger partial charge < -0.3 is 10.6 Å². The van der Waals surface area contributed by atoms with Crippen LogP contribution in [-0.4, -0.2) is 19.0 Å². The first-order chi connectivity index (χ1) is 8.83. The fourth-order valence-corrected chi connectivity index (χ4v) is 2.23. The molecule has 0 saturated heterocycles. The first-order valence-electron chi connectivity index (χ1n) is 6.26. The number of amides is 1. The number of nitrogens with zero attached hydrogens (tertiary/aromatic N) is 1. The second-order valence-corrected chi connectivity index (χ2v) is 4.43. The van der Waals surface area contributed by atoms with Crippen molar-refractivity contribution in [3.63, 3.8) is 0 Å². The number of unbranched alkanes of at least 4 members (excludes halogenated alkanes) is 1. The van der Waals surface area contributed by atoms with E-state index in [1.807, 2.05) is 18.2 Å². The van der Waals surface area contributed by atoms with Crippen molar-refractivity contribution in [2.45, 2.75) is 25.3 Å². The molecule has 2 N–H and O–H groups in total. The third-order valence-corrected chi connectivity index (χ3v) is 3.18. The van der Waals surface area contributed by atoms with E-state index >= 15 is 0 Å². The predicted molar refractivity (Wildman–Crippen MR) is 68.7 cm³/mol. The minimum atomic E-state index is -0.114. The fraction of sp³-hybridized carbons (Fsp3) is 0.429. The second-order valence-electron chi connectivity index (χ2n) is 4.43. The summed E-state index contributed by atoms with van der Waals surface area (Å²) < 4.78 is 0. The highest BCUT2D eigenvalue weighted by Crippen LogP contribution is 2.23. The van der Waals surface area contributed by atoms with Crippen molar-refractivity contribution < 1.29 is 4.79 Å². The van der Waals surface area contributed by atoms with E-state index in [1.54, 1.807) is 0 Å². The molecular weight excluding hydrogens is 226 g/mol. The van der Waals surface area contributed by atoms with Gasteiger partial charge in [0.25, 0.3) is 0 Å². The van der Waals surface area contributed by atoms with Gasteiger partial charge in [-0.2, -0.15) is 5.26 Å². The molecule has 1 amide bonds. The smallest absolute Gasteiger partial charge is 0.228 e. The van der Waals surface area contributed by atoms with Gasteiger partial charge in [0.05, 0.1) is 12.0 Å². The molecule has 0 bridgehead atoms. The molecule has 4 nitrogen and oxygen atoms in total. The van der Waals surface area contributed by atoms with Crippen LogP contribution in [0.3, 0.4) is 0 Å². The number of fused-ring (bicyclic) bond motifs is 1. The Bertz CT molecular complexity index is 464. The van der Waals surface area contributed by atoms with Crippen LogP contribution in [0.2, 0.25) is 0 Å². The van der Waals surface area contributed by atoms with Gasteiger partial charge in [-0.3, -0.25) is 4.79 Å². The Morgan fingerprint density at radius 3 is 3.17 bits per heavy atom. The van der Waals surface area contributed by atoms with Crippen LogP contribution in [0.4, 0.5) is 0 Å². The molecule has 0 aliphatic carbocycles. The van der Waals surface area contributed by atoms with Crippen LogP contribution in [0.5, 0.6) is 0 Å². The van der Waals surface area contributed by atoms with Gasteiger partial charge in [-0.15, -0.1) is 0 Å². The largest absolute Gasteiger partial charge is 0.355 e. The summed E-state index contributed by atoms with van der Waals surface area (Å²) >= 11 is 0. The van der Waals surface area contributed by atoms with E-state index in [-0.39, 0.29) is 11.8 Å². The highest BCUT2D eigenvalue weighted by Gasteiger charge is 2.25. The van der Waals surface area contributed by atoms with E-state index in [0.717, 1.165) is 12.1 Å². The van der Waals surface area contributed by atoms with E-state index in [4.69, 9.17) is 5.26 Å². The molecule has 0 aromatic heterocycles. The van der Waals surface area contributed by atoms with Gasteiger partial charge in [-0.05, 0) is 17.5 Å². The van der Waals surface area contributed by atoms with Gasteiger partial charge in [0.1, 0.15) is 0 Å². The van der Waals surface area contributed by atoms with Crippen LogP contribution >= 0.6 is 0 Å². The maximum Gasteiger partial charge on any atom is 0.228 e. The summed E-state index contributed by atoms with van der Waals surface area (Å²) in [6.45, 7) is 2.08. The Morgan fingerprint density at radius 2 is 2.33 bits per heavy atom. The van der Waals surface area contributed by atoms with Gasteiger partial charge >= 0.3 is 0 Å². The van der Waals surface area contributed by atoms with Crippen molar-refractivity contribution >= 4 is 5.91 Å². The van der Waals surface area contributed by atoms with Crippen molar-refractivity contribution in [1.82, 2.24) is 10.6 Å². The van der Waals surface area contributed by atoms with Crippen molar-refractivity contribution in [3.8, 4) is 6.07 Å². The zero-order valence-electron chi connectivity index (χ0n) is 10.3. The molecule has 0 fully saturated rings. The number of nitrogens with one attached hydrogen (secondary N) is 2. The summed E-state index contributed by atoms with van der Waals surface area (Å²) in [5.74, 6) is -0.0652. The molecule has 0 radical (unpaired) electrons. The molecular formula is C14H17N3O. The lowest BCUT2D eigenvalue weighted by Crippen LogP contribution is -2.39. The Balaban J connectivity index is 1.98. The minimum absolute atomic E-state index is 0.0487. The lowest BCUT2D eigenvalue weighted by atomic mass is 9.90. The van der Waals surface area contributed by atoms with Crippen LogP contribution < -0.4 is 10.6 Å². The molecule has 0 saturated carbocycles. The first-order valence-corrected chi connectivity index (χ1v) is 6.26. The lowest BCUT2D eigenvalue weighted by molar-refractivity contribution is -0.122. The average Bonchev–Trinajstić information content (AvgIpc) is 2.43. The van der Waals surface area contributed by atoms with Gasteiger partial charge in [0.15, 0.2) is 0 Å². The third-order valence-electron chi connectivity index (χ3n) is 3.18. The number of carbonyl (C=O) groups is 1. The summed E-state index contributed by atoms with van der Waals surface area (Å²) in [5.41, 5.74) is 2.31. The van der Waals surface area contributed by atoms with E-state index in [2.05, 4.69) is 22.8 Å². The molecule has 1 aromatic carbocycles. The van der Waals surface area contributed by atoms with E-state index in [1.165, 1.54) is 5.56 Å². The third kappa shape index (κ3) is 2.88. The SMILES string of the molecule is N#CCCCNC(=O)C1CNCc2ccccc21. The van der Waals surface area contributed by atoms with Gasteiger partial charge in [0.2, 0.25) is 5.91 Å². The van der Waals surface area contributed by atoms with E-state index in [0.29, 0.717) is 25.9 Å². The monoisotopic (exact) mass is 243 g/mol. The number of hydrogen-bond acceptors (Lipinski definition) is 3. The molecule has 1 unspecified atom stereocenters. The molecule has 1 heterocycles. The number of benzene rings is 1. The normalized spacial score (nSPS) is 17.6. The van der Waals surface area contributed by atoms with Gasteiger partial charge in [-0.1, -0.05) is 24.3 Å². The summed E-state index contributed by atoms with van der Waals surface area (Å²) in [7, 11) is 0. The van der Waals surface area contributed by atoms with E-state index < -0.39 is 0 Å². The maximum absolute atomic E-state index is 12.1. The zero-order valence-corrected chi connectivity index (χ0v) is 10.3. The standard InChI is InChI=1S/C14H17N3O/c15-7-3-4-8-17-14(18)13-10-16-9-11-5-1-2-6-12(11)13/h1-2,5-6,13,16H,3-4,8-10H2,(H,17,18). The molecule has 18 heavy (non-hydrogen) atoms. The molecule has 2 rings (SSSR count). The second kappa shape index (κ2) is 6.18. The molecule has 1 aromatic rings. The average molecular weight is 243 g/mol. The molecule has 1 aliphatic rings. The Labute approximate surface area is 107 Å². The summed E-state index contributed by atoms with van der Waals surface area (Å²) in [6.07, 6.45) is 1.20. The quantitative estimate of drug-likeness (QED) is 0.783. The number of carbonyl (C=O) groups excluding carboxylic acids is 1. The topological polar surface area (TPSA) is 64.9 Å². The summed E-state index contributed by atoms with van der Waals surface area (Å²) in [4.78, 5) is 12.1. The molecule has 94 valence electrons. The molecule has 1 aliphatic heterocycles. The predicted octanol–water partition coefficient (Wildman–Crippen LogP) is 1.29. The highest BCUT2D eigenvalue weighted by atomic mass is 16.1. The van der Waals surface area contributed by atoms with Crippen LogP contribution in [0.25, 0.3) is 0 Å². The van der Waals surface area contributed by atoms with Gasteiger partial charge in [0, 0.05) is 26.1 Å².